The minimum atomic E-state index is -0.405. The van der Waals surface area contributed by atoms with Crippen molar-refractivity contribution in [2.45, 2.75) is 6.92 Å². The molecule has 0 radical (unpaired) electrons. The second-order valence-electron chi connectivity index (χ2n) is 4.50. The van der Waals surface area contributed by atoms with Crippen molar-refractivity contribution in [1.29, 1.82) is 0 Å². The lowest BCUT2D eigenvalue weighted by Gasteiger charge is -2.07. The van der Waals surface area contributed by atoms with Crippen LogP contribution in [0.15, 0.2) is 29.9 Å². The quantitative estimate of drug-likeness (QED) is 0.762. The molecule has 21 heavy (non-hydrogen) atoms. The highest BCUT2D eigenvalue weighted by atomic mass is 32.1. The lowest BCUT2D eigenvalue weighted by molar-refractivity contribution is 0.102. The second kappa shape index (κ2) is 5.10. The fraction of sp³-hybridized carbons (Fsp3) is 0.0714. The van der Waals surface area contributed by atoms with Gasteiger partial charge in [-0.2, -0.15) is 0 Å². The van der Waals surface area contributed by atoms with Gasteiger partial charge >= 0.3 is 0 Å². The molecule has 0 atom stereocenters. The molecule has 5 nitrogen and oxygen atoms in total. The number of aromatic nitrogens is 2. The monoisotopic (exact) mass is 302 g/mol. The third kappa shape index (κ3) is 2.43. The molecule has 0 fully saturated rings. The second-order valence-corrected chi connectivity index (χ2v) is 5.38. The van der Waals surface area contributed by atoms with E-state index < -0.39 is 5.82 Å². The summed E-state index contributed by atoms with van der Waals surface area (Å²) in [5, 5.41) is 4.36. The molecular formula is C14H11FN4OS. The van der Waals surface area contributed by atoms with E-state index in [9.17, 15) is 9.18 Å². The summed E-state index contributed by atoms with van der Waals surface area (Å²) < 4.78 is 13.9. The van der Waals surface area contributed by atoms with Gasteiger partial charge in [-0.05, 0) is 24.6 Å². The molecular weight excluding hydrogens is 291 g/mol. The molecule has 0 saturated carbocycles. The van der Waals surface area contributed by atoms with Gasteiger partial charge in [-0.1, -0.05) is 6.07 Å². The van der Waals surface area contributed by atoms with Crippen LogP contribution in [0.25, 0.3) is 10.2 Å². The van der Waals surface area contributed by atoms with E-state index in [0.29, 0.717) is 27.3 Å². The molecule has 3 rings (SSSR count). The van der Waals surface area contributed by atoms with Crippen LogP contribution in [0, 0.1) is 12.7 Å². The van der Waals surface area contributed by atoms with Gasteiger partial charge < -0.3 is 11.1 Å². The number of nitrogen functional groups attached to an aromatic ring is 1. The number of hydrogen-bond donors (Lipinski definition) is 2. The van der Waals surface area contributed by atoms with Crippen molar-refractivity contribution in [3.8, 4) is 0 Å². The molecule has 0 spiro atoms. The minimum Gasteiger partial charge on any atom is -0.382 e. The van der Waals surface area contributed by atoms with Gasteiger partial charge in [0, 0.05) is 11.1 Å². The molecule has 0 bridgehead atoms. The van der Waals surface area contributed by atoms with Crippen molar-refractivity contribution in [1.82, 2.24) is 9.97 Å². The molecule has 3 aromatic rings. The number of nitrogens with one attached hydrogen (secondary N) is 1. The number of carbonyl (C=O) groups excluding carboxylic acids is 1. The van der Waals surface area contributed by atoms with Crippen LogP contribution in [0.4, 0.5) is 15.9 Å². The molecule has 0 saturated heterocycles. The zero-order valence-corrected chi connectivity index (χ0v) is 11.9. The number of fused-ring (bicyclic) bond motifs is 1. The first-order valence-corrected chi connectivity index (χ1v) is 6.99. The van der Waals surface area contributed by atoms with Crippen LogP contribution in [-0.4, -0.2) is 15.9 Å². The number of anilines is 2. The molecule has 7 heteroatoms. The number of halogens is 1. The van der Waals surface area contributed by atoms with Crippen LogP contribution in [-0.2, 0) is 0 Å². The average Bonchev–Trinajstić information content (AvgIpc) is 2.88. The summed E-state index contributed by atoms with van der Waals surface area (Å²) in [6.07, 6.45) is 1.31. The molecule has 3 N–H and O–H groups in total. The maximum Gasteiger partial charge on any atom is 0.258 e. The van der Waals surface area contributed by atoms with E-state index in [-0.39, 0.29) is 5.91 Å². The van der Waals surface area contributed by atoms with Gasteiger partial charge in [-0.25, -0.2) is 14.4 Å². The summed E-state index contributed by atoms with van der Waals surface area (Å²) in [5.74, 6) is -0.420. The SMILES string of the molecule is Cc1ccc(F)cc1NC(=O)c1csc2c(N)ncnc12. The van der Waals surface area contributed by atoms with E-state index in [1.54, 1.807) is 18.4 Å². The molecule has 1 amide bonds. The maximum absolute atomic E-state index is 13.3. The van der Waals surface area contributed by atoms with Gasteiger partial charge in [-0.3, -0.25) is 4.79 Å². The number of carbonyl (C=O) groups is 1. The van der Waals surface area contributed by atoms with Crippen molar-refractivity contribution < 1.29 is 9.18 Å². The van der Waals surface area contributed by atoms with E-state index in [1.165, 1.54) is 29.8 Å². The molecule has 0 unspecified atom stereocenters. The molecule has 0 aliphatic heterocycles. The first-order valence-electron chi connectivity index (χ1n) is 6.11. The summed E-state index contributed by atoms with van der Waals surface area (Å²) in [6, 6.07) is 4.24. The van der Waals surface area contributed by atoms with E-state index in [2.05, 4.69) is 15.3 Å². The van der Waals surface area contributed by atoms with Crippen LogP contribution in [0.3, 0.4) is 0 Å². The Morgan fingerprint density at radius 3 is 3.00 bits per heavy atom. The molecule has 2 heterocycles. The van der Waals surface area contributed by atoms with E-state index >= 15 is 0 Å². The van der Waals surface area contributed by atoms with E-state index in [4.69, 9.17) is 5.73 Å². The molecule has 2 aromatic heterocycles. The predicted molar refractivity (Wildman–Crippen MR) is 80.9 cm³/mol. The number of benzene rings is 1. The van der Waals surface area contributed by atoms with Crippen LogP contribution in [0.5, 0.6) is 0 Å². The van der Waals surface area contributed by atoms with Crippen molar-refractivity contribution in [2.24, 2.45) is 0 Å². The average molecular weight is 302 g/mol. The topological polar surface area (TPSA) is 80.9 Å². The van der Waals surface area contributed by atoms with Gasteiger partial charge in [0.1, 0.15) is 18.0 Å². The van der Waals surface area contributed by atoms with E-state index in [0.717, 1.165) is 5.56 Å². The highest BCUT2D eigenvalue weighted by Crippen LogP contribution is 2.28. The van der Waals surface area contributed by atoms with Gasteiger partial charge in [0.2, 0.25) is 0 Å². The molecule has 1 aromatic carbocycles. The smallest absolute Gasteiger partial charge is 0.258 e. The fourth-order valence-corrected chi connectivity index (χ4v) is 2.85. The standard InChI is InChI=1S/C14H11FN4OS/c1-7-2-3-8(15)4-10(7)19-14(20)9-5-21-12-11(9)17-6-18-13(12)16/h2-6H,1H3,(H,19,20)(H2,16,17,18). The highest BCUT2D eigenvalue weighted by molar-refractivity contribution is 7.18. The molecule has 0 aliphatic carbocycles. The number of hydrogen-bond acceptors (Lipinski definition) is 5. The largest absolute Gasteiger partial charge is 0.382 e. The number of rotatable bonds is 2. The summed E-state index contributed by atoms with van der Waals surface area (Å²) in [5.41, 5.74) is 7.85. The Balaban J connectivity index is 1.98. The van der Waals surface area contributed by atoms with Crippen LogP contribution in [0.2, 0.25) is 0 Å². The predicted octanol–water partition coefficient (Wildman–Crippen LogP) is 2.97. The van der Waals surface area contributed by atoms with E-state index in [1.807, 2.05) is 0 Å². The van der Waals surface area contributed by atoms with Gasteiger partial charge in [-0.15, -0.1) is 11.3 Å². The minimum absolute atomic E-state index is 0.339. The molecule has 0 aliphatic rings. The van der Waals surface area contributed by atoms with Crippen LogP contribution >= 0.6 is 11.3 Å². The number of amides is 1. The zero-order chi connectivity index (χ0) is 15.0. The Morgan fingerprint density at radius 1 is 1.38 bits per heavy atom. The van der Waals surface area contributed by atoms with Gasteiger partial charge in [0.05, 0.1) is 15.8 Å². The summed E-state index contributed by atoms with van der Waals surface area (Å²) >= 11 is 1.30. The first kappa shape index (κ1) is 13.4. The van der Waals surface area contributed by atoms with Crippen molar-refractivity contribution in [3.63, 3.8) is 0 Å². The Kier molecular flexibility index (Phi) is 3.26. The molecule has 106 valence electrons. The number of nitrogens with two attached hydrogens (primary N) is 1. The summed E-state index contributed by atoms with van der Waals surface area (Å²) in [4.78, 5) is 20.3. The maximum atomic E-state index is 13.3. The van der Waals surface area contributed by atoms with Crippen LogP contribution < -0.4 is 11.1 Å². The first-order chi connectivity index (χ1) is 10.1. The van der Waals surface area contributed by atoms with Crippen molar-refractivity contribution >= 4 is 39.0 Å². The van der Waals surface area contributed by atoms with Gasteiger partial charge in [0.25, 0.3) is 5.91 Å². The third-order valence-corrected chi connectivity index (χ3v) is 4.07. The zero-order valence-electron chi connectivity index (χ0n) is 11.1. The van der Waals surface area contributed by atoms with Crippen molar-refractivity contribution in [2.75, 3.05) is 11.1 Å². The summed E-state index contributed by atoms with van der Waals surface area (Å²) in [6.45, 7) is 1.79. The van der Waals surface area contributed by atoms with Crippen LogP contribution in [0.1, 0.15) is 15.9 Å². The lowest BCUT2D eigenvalue weighted by atomic mass is 10.2. The normalized spacial score (nSPS) is 10.8. The Labute approximate surface area is 123 Å². The number of aryl methyl sites for hydroxylation is 1. The fourth-order valence-electron chi connectivity index (χ4n) is 1.95. The van der Waals surface area contributed by atoms with Crippen molar-refractivity contribution in [3.05, 3.63) is 46.9 Å². The number of nitrogens with zero attached hydrogens (tertiary/aromatic N) is 2. The lowest BCUT2D eigenvalue weighted by Crippen LogP contribution is -2.12. The Bertz CT molecular complexity index is 846. The summed E-state index contributed by atoms with van der Waals surface area (Å²) in [7, 11) is 0. The Hall–Kier alpha value is -2.54. The Morgan fingerprint density at radius 2 is 2.19 bits per heavy atom. The highest BCUT2D eigenvalue weighted by Gasteiger charge is 2.16. The van der Waals surface area contributed by atoms with Gasteiger partial charge in [0.15, 0.2) is 0 Å². The number of thiophene rings is 1. The third-order valence-electron chi connectivity index (χ3n) is 3.07.